The lowest BCUT2D eigenvalue weighted by Gasteiger charge is -2.18. The number of rotatable bonds is 6. The monoisotopic (exact) mass is 1000 g/mol. The van der Waals surface area contributed by atoms with Crippen LogP contribution in [0.5, 0.6) is 0 Å². The lowest BCUT2D eigenvalue weighted by atomic mass is 9.85. The summed E-state index contributed by atoms with van der Waals surface area (Å²) in [5, 5.41) is 16.9. The van der Waals surface area contributed by atoms with Gasteiger partial charge in [-0.15, -0.1) is 0 Å². The zero-order chi connectivity index (χ0) is 51.7. The van der Waals surface area contributed by atoms with E-state index in [0.717, 1.165) is 44.4 Å². The van der Waals surface area contributed by atoms with Crippen LogP contribution in [-0.2, 0) is 0 Å². The third-order valence-corrected chi connectivity index (χ3v) is 16.9. The van der Waals surface area contributed by atoms with E-state index in [1.54, 1.807) is 0 Å². The van der Waals surface area contributed by atoms with Crippen molar-refractivity contribution in [1.82, 2.24) is 9.13 Å². The second-order valence-corrected chi connectivity index (χ2v) is 21.0. The van der Waals surface area contributed by atoms with Crippen LogP contribution in [0, 0.1) is 0 Å². The topological polar surface area (TPSA) is 23.0 Å². The first-order valence-electron chi connectivity index (χ1n) is 27.2. The number of furan rings is 1. The third-order valence-electron chi connectivity index (χ3n) is 16.9. The summed E-state index contributed by atoms with van der Waals surface area (Å²) < 4.78 is 11.7. The predicted molar refractivity (Wildman–Crippen MR) is 334 cm³/mol. The van der Waals surface area contributed by atoms with Gasteiger partial charge < -0.3 is 13.6 Å². The van der Waals surface area contributed by atoms with E-state index in [0.29, 0.717) is 0 Å². The standard InChI is InChI=1S/C76H46N2O/c1-3-19-51(20-4-1)77-67-33-17-15-23-53(67)64-43-47(36-40-69(64)77)73-56-25-7-9-27-58(56)75(59-28-10-8-26-57(59)73)49-38-42-71-66(45-49)55-39-35-50(46-72(55)79-71)76-62-31-13-11-29-60(62)74(61-30-12-14-32-63(61)76)48-37-41-70-65(44-48)54-24-16-18-34-68(54)78(70)52-21-5-2-6-22-52/h1-46H. The van der Waals surface area contributed by atoms with Gasteiger partial charge >= 0.3 is 0 Å². The summed E-state index contributed by atoms with van der Waals surface area (Å²) >= 11 is 0. The summed E-state index contributed by atoms with van der Waals surface area (Å²) in [6.45, 7) is 0. The van der Waals surface area contributed by atoms with E-state index in [2.05, 4.69) is 288 Å². The Morgan fingerprint density at radius 3 is 0.899 bits per heavy atom. The molecule has 0 aliphatic rings. The maximum absolute atomic E-state index is 6.88. The summed E-state index contributed by atoms with van der Waals surface area (Å²) in [6.07, 6.45) is 0. The molecule has 0 radical (unpaired) electrons. The first kappa shape index (κ1) is 43.7. The summed E-state index contributed by atoms with van der Waals surface area (Å²) in [4.78, 5) is 0. The van der Waals surface area contributed by atoms with E-state index in [1.807, 2.05) is 0 Å². The molecule has 366 valence electrons. The van der Waals surface area contributed by atoms with Crippen LogP contribution in [0.3, 0.4) is 0 Å². The van der Waals surface area contributed by atoms with Crippen LogP contribution in [0.1, 0.15) is 0 Å². The third kappa shape index (κ3) is 6.48. The van der Waals surface area contributed by atoms with E-state index in [9.17, 15) is 0 Å². The molecule has 0 saturated carbocycles. The highest BCUT2D eigenvalue weighted by Gasteiger charge is 2.23. The second-order valence-electron chi connectivity index (χ2n) is 21.0. The van der Waals surface area contributed by atoms with E-state index in [1.165, 1.54) is 120 Å². The van der Waals surface area contributed by atoms with Crippen molar-refractivity contribution < 1.29 is 4.42 Å². The molecule has 17 rings (SSSR count). The number of fused-ring (bicyclic) bond motifs is 13. The van der Waals surface area contributed by atoms with Crippen LogP contribution >= 0.6 is 0 Å². The maximum Gasteiger partial charge on any atom is 0.136 e. The van der Waals surface area contributed by atoms with E-state index in [-0.39, 0.29) is 0 Å². The molecule has 0 amide bonds. The Hall–Kier alpha value is -10.5. The molecule has 0 aliphatic carbocycles. The minimum Gasteiger partial charge on any atom is -0.456 e. The molecular formula is C76H46N2O. The van der Waals surface area contributed by atoms with Crippen molar-refractivity contribution in [3.8, 4) is 55.9 Å². The van der Waals surface area contributed by atoms with E-state index >= 15 is 0 Å². The number of hydrogen-bond donors (Lipinski definition) is 0. The molecule has 0 atom stereocenters. The first-order chi connectivity index (χ1) is 39.2. The van der Waals surface area contributed by atoms with Crippen molar-refractivity contribution >= 4 is 109 Å². The van der Waals surface area contributed by atoms with Crippen molar-refractivity contribution in [2.45, 2.75) is 0 Å². The molecule has 0 aliphatic heterocycles. The molecule has 0 unspecified atom stereocenters. The van der Waals surface area contributed by atoms with E-state index < -0.39 is 0 Å². The van der Waals surface area contributed by atoms with Gasteiger partial charge in [-0.3, -0.25) is 0 Å². The summed E-state index contributed by atoms with van der Waals surface area (Å²) in [6, 6.07) is 102. The molecule has 3 aromatic heterocycles. The minimum atomic E-state index is 0.872. The van der Waals surface area contributed by atoms with Crippen LogP contribution in [0.25, 0.3) is 165 Å². The molecule has 0 spiro atoms. The highest BCUT2D eigenvalue weighted by Crippen LogP contribution is 2.49. The lowest BCUT2D eigenvalue weighted by Crippen LogP contribution is -1.93. The first-order valence-corrected chi connectivity index (χ1v) is 27.2. The Labute approximate surface area is 454 Å². The smallest absolute Gasteiger partial charge is 0.136 e. The molecule has 14 aromatic carbocycles. The Balaban J connectivity index is 0.808. The van der Waals surface area contributed by atoms with Crippen molar-refractivity contribution in [3.05, 3.63) is 279 Å². The molecular weight excluding hydrogens is 957 g/mol. The number of hydrogen-bond acceptors (Lipinski definition) is 1. The van der Waals surface area contributed by atoms with Gasteiger partial charge in [0.05, 0.1) is 22.1 Å². The number of benzene rings is 14. The molecule has 79 heavy (non-hydrogen) atoms. The van der Waals surface area contributed by atoms with Crippen LogP contribution in [0.15, 0.2) is 283 Å². The van der Waals surface area contributed by atoms with Gasteiger partial charge in [0.2, 0.25) is 0 Å². The van der Waals surface area contributed by atoms with Crippen molar-refractivity contribution in [1.29, 1.82) is 0 Å². The van der Waals surface area contributed by atoms with Gasteiger partial charge in [-0.2, -0.15) is 0 Å². The maximum atomic E-state index is 6.88. The molecule has 0 fully saturated rings. The van der Waals surface area contributed by atoms with Crippen LogP contribution in [-0.4, -0.2) is 9.13 Å². The highest BCUT2D eigenvalue weighted by atomic mass is 16.3. The van der Waals surface area contributed by atoms with Crippen LogP contribution in [0.2, 0.25) is 0 Å². The summed E-state index contributed by atoms with van der Waals surface area (Å²) in [5.41, 5.74) is 18.5. The second kappa shape index (κ2) is 17.0. The fraction of sp³-hybridized carbons (Fsp3) is 0. The minimum absolute atomic E-state index is 0.872. The van der Waals surface area contributed by atoms with Gasteiger partial charge in [-0.1, -0.05) is 194 Å². The number of aromatic nitrogens is 2. The molecule has 3 heterocycles. The van der Waals surface area contributed by atoms with Gasteiger partial charge in [-0.25, -0.2) is 0 Å². The SMILES string of the molecule is c1ccc(-n2c3ccccc3c3cc(-c4c5ccccc5c(-c5ccc6c(c5)oc5ccc(-c7c8ccccc8c(-c8ccc9c(c8)c8ccccc8n9-c8ccccc8)c8ccccc78)cc56)c5ccccc45)ccc32)cc1. The lowest BCUT2D eigenvalue weighted by molar-refractivity contribution is 0.669. The average molecular weight is 1000 g/mol. The van der Waals surface area contributed by atoms with Crippen LogP contribution < -0.4 is 0 Å². The molecule has 17 aromatic rings. The molecule has 0 bridgehead atoms. The zero-order valence-corrected chi connectivity index (χ0v) is 42.9. The summed E-state index contributed by atoms with van der Waals surface area (Å²) in [5.74, 6) is 0. The number of para-hydroxylation sites is 4. The number of nitrogens with zero attached hydrogens (tertiary/aromatic N) is 2. The van der Waals surface area contributed by atoms with Gasteiger partial charge in [0.15, 0.2) is 0 Å². The molecule has 3 nitrogen and oxygen atoms in total. The quantitative estimate of drug-likeness (QED) is 0.152. The molecule has 0 N–H and O–H groups in total. The van der Waals surface area contributed by atoms with Gasteiger partial charge in [0.1, 0.15) is 11.2 Å². The van der Waals surface area contributed by atoms with Crippen molar-refractivity contribution in [2.24, 2.45) is 0 Å². The fourth-order valence-corrected chi connectivity index (χ4v) is 13.6. The highest BCUT2D eigenvalue weighted by molar-refractivity contribution is 6.25. The Kier molecular flexibility index (Phi) is 9.42. The molecule has 0 saturated heterocycles. The van der Waals surface area contributed by atoms with Gasteiger partial charge in [-0.05, 0) is 173 Å². The van der Waals surface area contributed by atoms with Gasteiger partial charge in [0.25, 0.3) is 0 Å². The normalized spacial score (nSPS) is 12.1. The average Bonchev–Trinajstić information content (AvgIpc) is 4.39. The Bertz CT molecular complexity index is 5250. The van der Waals surface area contributed by atoms with Crippen LogP contribution in [0.4, 0.5) is 0 Å². The Morgan fingerprint density at radius 1 is 0.190 bits per heavy atom. The largest absolute Gasteiger partial charge is 0.456 e. The fourth-order valence-electron chi connectivity index (χ4n) is 13.6. The van der Waals surface area contributed by atoms with Gasteiger partial charge in [0, 0.05) is 43.7 Å². The zero-order valence-electron chi connectivity index (χ0n) is 42.9. The molecule has 3 heteroatoms. The van der Waals surface area contributed by atoms with E-state index in [4.69, 9.17) is 4.42 Å². The van der Waals surface area contributed by atoms with Crippen molar-refractivity contribution in [3.63, 3.8) is 0 Å². The predicted octanol–water partition coefficient (Wildman–Crippen LogP) is 21.1. The Morgan fingerprint density at radius 2 is 0.494 bits per heavy atom. The van der Waals surface area contributed by atoms with Crippen molar-refractivity contribution in [2.75, 3.05) is 0 Å². The summed E-state index contributed by atoms with van der Waals surface area (Å²) in [7, 11) is 0.